The summed E-state index contributed by atoms with van der Waals surface area (Å²) in [6.07, 6.45) is 14.0. The molecule has 280 valence electrons. The number of carboxylic acids is 1. The van der Waals surface area contributed by atoms with Gasteiger partial charge in [-0.3, -0.25) is 14.9 Å². The number of nitrogens with zero attached hydrogens (tertiary/aromatic N) is 1. The van der Waals surface area contributed by atoms with E-state index in [4.69, 9.17) is 5.11 Å². The highest BCUT2D eigenvalue weighted by molar-refractivity contribution is 8.14. The molecule has 1 unspecified atom stereocenters. The van der Waals surface area contributed by atoms with E-state index < -0.39 is 5.97 Å². The van der Waals surface area contributed by atoms with Crippen molar-refractivity contribution in [3.05, 3.63) is 153 Å². The largest absolute Gasteiger partial charge is 0.481 e. The minimum absolute atomic E-state index is 0.163. The number of rotatable bonds is 17. The summed E-state index contributed by atoms with van der Waals surface area (Å²) in [5.41, 5.74) is 11.9. The second-order valence-corrected chi connectivity index (χ2v) is 15.1. The summed E-state index contributed by atoms with van der Waals surface area (Å²) in [5.74, 6) is -1.46. The van der Waals surface area contributed by atoms with E-state index in [1.54, 1.807) is 6.08 Å². The molecule has 3 N–H and O–H groups in total. The molecular weight excluding hydrogens is 687 g/mol. The van der Waals surface area contributed by atoms with Gasteiger partial charge in [0.25, 0.3) is 5.91 Å². The molecule has 4 aromatic rings. The predicted molar refractivity (Wildman–Crippen MR) is 229 cm³/mol. The minimum atomic E-state index is -0.961. The average molecular weight is 740 g/mol. The molecule has 1 heterocycles. The summed E-state index contributed by atoms with van der Waals surface area (Å²) >= 11 is 0.993. The zero-order chi connectivity index (χ0) is 38.5. The number of hydrogen-bond donors (Lipinski definition) is 3. The Balaban J connectivity index is 1.39. The average Bonchev–Trinajstić information content (AvgIpc) is 3.53. The van der Waals surface area contributed by atoms with Gasteiger partial charge in [0, 0.05) is 5.69 Å². The van der Waals surface area contributed by atoms with Gasteiger partial charge in [-0.1, -0.05) is 148 Å². The number of aryl methyl sites for hydroxylation is 1. The Kier molecular flexibility index (Phi) is 14.3. The first kappa shape index (κ1) is 40.1. The van der Waals surface area contributed by atoms with Gasteiger partial charge in [-0.25, -0.2) is 4.99 Å². The number of aliphatic imine (C=N–C) groups is 1. The number of hydrogen-bond acceptors (Lipinski definition) is 5. The Labute approximate surface area is 325 Å². The molecule has 54 heavy (non-hydrogen) atoms. The fraction of sp³-hybridized carbons (Fsp3) is 0.298. The molecule has 0 fully saturated rings. The number of benzene rings is 4. The quantitative estimate of drug-likeness (QED) is 0.0434. The van der Waals surface area contributed by atoms with Crippen molar-refractivity contribution in [1.82, 2.24) is 5.32 Å². The maximum absolute atomic E-state index is 12.4. The summed E-state index contributed by atoms with van der Waals surface area (Å²) in [6.45, 7) is 11.1. The highest BCUT2D eigenvalue weighted by Crippen LogP contribution is 2.34. The van der Waals surface area contributed by atoms with Gasteiger partial charge in [-0.05, 0) is 109 Å². The third-order valence-electron chi connectivity index (χ3n) is 9.92. The zero-order valence-electron chi connectivity index (χ0n) is 32.2. The highest BCUT2D eigenvalue weighted by atomic mass is 32.2. The summed E-state index contributed by atoms with van der Waals surface area (Å²) in [4.78, 5) is 27.6. The second-order valence-electron chi connectivity index (χ2n) is 14.2. The molecule has 0 radical (unpaired) electrons. The van der Waals surface area contributed by atoms with Crippen LogP contribution < -0.4 is 10.6 Å². The van der Waals surface area contributed by atoms with Gasteiger partial charge >= 0.3 is 5.97 Å². The van der Waals surface area contributed by atoms with Gasteiger partial charge in [-0.2, -0.15) is 0 Å². The van der Waals surface area contributed by atoms with Crippen molar-refractivity contribution < 1.29 is 14.7 Å². The molecule has 4 aromatic carbocycles. The maximum atomic E-state index is 12.4. The van der Waals surface area contributed by atoms with Crippen LogP contribution in [0, 0.1) is 6.92 Å². The molecule has 0 spiro atoms. The van der Waals surface area contributed by atoms with E-state index in [1.807, 2.05) is 24.3 Å². The van der Waals surface area contributed by atoms with Crippen LogP contribution in [0.4, 0.5) is 5.69 Å². The summed E-state index contributed by atoms with van der Waals surface area (Å²) < 4.78 is 0. The topological polar surface area (TPSA) is 90.8 Å². The van der Waals surface area contributed by atoms with Crippen LogP contribution in [0.1, 0.15) is 105 Å². The fourth-order valence-corrected chi connectivity index (χ4v) is 7.41. The van der Waals surface area contributed by atoms with Gasteiger partial charge in [0.2, 0.25) is 0 Å². The Bertz CT molecular complexity index is 2030. The Morgan fingerprint density at radius 2 is 1.63 bits per heavy atom. The molecule has 1 aliphatic rings. The standard InChI is InChI=1S/C47H53N3O3S/c1-6-9-13-27-47(5,50-41-25-19-36(20-26-41)31-43-45(53)49-46(48-43)54-32-44(51)52)40-23-17-35(18-24-40)30-42(37-15-11-10-12-16-37)39-22-21-38(33(4)28-39)29-34(8-3)14-7-2/h8,10-12,15-26,28,30-31,50H,6-7,9,13-14,27,29,32H2,1-5H3,(H,51,52)(H,48,49,53)/b34-8-,42-30+,43-31-. The van der Waals surface area contributed by atoms with Crippen LogP contribution in [0.5, 0.6) is 0 Å². The fourth-order valence-electron chi connectivity index (χ4n) is 6.82. The van der Waals surface area contributed by atoms with Gasteiger partial charge < -0.3 is 10.4 Å². The Morgan fingerprint density at radius 1 is 0.907 bits per heavy atom. The number of amidine groups is 1. The third-order valence-corrected chi connectivity index (χ3v) is 10.8. The molecule has 0 saturated carbocycles. The van der Waals surface area contributed by atoms with E-state index in [2.05, 4.69) is 135 Å². The van der Waals surface area contributed by atoms with Gasteiger partial charge in [0.15, 0.2) is 5.17 Å². The number of carboxylic acid groups (broad SMARTS) is 1. The predicted octanol–water partition coefficient (Wildman–Crippen LogP) is 11.4. The summed E-state index contributed by atoms with van der Waals surface area (Å²) in [7, 11) is 0. The van der Waals surface area contributed by atoms with Crippen LogP contribution in [0.15, 0.2) is 119 Å². The first-order chi connectivity index (χ1) is 26.1. The van der Waals surface area contributed by atoms with E-state index in [0.717, 1.165) is 73.5 Å². The van der Waals surface area contributed by atoms with Gasteiger partial charge in [0.05, 0.1) is 11.3 Å². The van der Waals surface area contributed by atoms with Crippen molar-refractivity contribution >= 4 is 52.2 Å². The molecule has 1 amide bonds. The molecule has 0 aliphatic carbocycles. The van der Waals surface area contributed by atoms with E-state index in [1.165, 1.54) is 39.0 Å². The van der Waals surface area contributed by atoms with Crippen molar-refractivity contribution in [2.45, 2.75) is 85.1 Å². The zero-order valence-corrected chi connectivity index (χ0v) is 33.1. The molecule has 7 heteroatoms. The van der Waals surface area contributed by atoms with Crippen LogP contribution in [0.2, 0.25) is 0 Å². The van der Waals surface area contributed by atoms with Gasteiger partial charge in [0.1, 0.15) is 5.70 Å². The molecule has 0 saturated heterocycles. The maximum Gasteiger partial charge on any atom is 0.313 e. The number of unbranched alkanes of at least 4 members (excludes halogenated alkanes) is 2. The number of carbonyl (C=O) groups excluding carboxylic acids is 1. The number of nitrogens with one attached hydrogen (secondary N) is 2. The SMILES string of the molecule is C/C=C(/CCC)Cc1ccc(/C(=C/c2ccc(C(C)(CCCCC)Nc3ccc(/C=C4\N=C(SCC(=O)O)NC4=O)cc3)cc2)c2ccccc2)cc1C. The molecule has 1 atom stereocenters. The van der Waals surface area contributed by atoms with E-state index in [0.29, 0.717) is 5.17 Å². The number of carbonyl (C=O) groups is 2. The van der Waals surface area contributed by atoms with Crippen molar-refractivity contribution in [2.24, 2.45) is 4.99 Å². The summed E-state index contributed by atoms with van der Waals surface area (Å²) in [6, 6.07) is 34.5. The number of allylic oxidation sites excluding steroid dienone is 2. The Morgan fingerprint density at radius 3 is 2.28 bits per heavy atom. The molecule has 0 aromatic heterocycles. The van der Waals surface area contributed by atoms with Crippen molar-refractivity contribution in [3.63, 3.8) is 0 Å². The molecular formula is C47H53N3O3S. The van der Waals surface area contributed by atoms with Crippen molar-refractivity contribution in [1.29, 1.82) is 0 Å². The lowest BCUT2D eigenvalue weighted by Gasteiger charge is -2.33. The van der Waals surface area contributed by atoms with Crippen LogP contribution in [-0.4, -0.2) is 27.9 Å². The van der Waals surface area contributed by atoms with Crippen molar-refractivity contribution in [3.8, 4) is 0 Å². The van der Waals surface area contributed by atoms with E-state index in [-0.39, 0.29) is 22.9 Å². The smallest absolute Gasteiger partial charge is 0.313 e. The monoisotopic (exact) mass is 739 g/mol. The van der Waals surface area contributed by atoms with Crippen molar-refractivity contribution in [2.75, 3.05) is 11.1 Å². The first-order valence-corrected chi connectivity index (χ1v) is 20.1. The summed E-state index contributed by atoms with van der Waals surface area (Å²) in [5, 5.41) is 15.7. The molecule has 5 rings (SSSR count). The lowest BCUT2D eigenvalue weighted by atomic mass is 9.85. The van der Waals surface area contributed by atoms with Gasteiger partial charge in [-0.15, -0.1) is 0 Å². The number of anilines is 1. The van der Waals surface area contributed by atoms with Crippen LogP contribution in [0.3, 0.4) is 0 Å². The number of thioether (sulfide) groups is 1. The lowest BCUT2D eigenvalue weighted by Crippen LogP contribution is -2.32. The number of amides is 1. The van der Waals surface area contributed by atoms with Crippen LogP contribution in [0.25, 0.3) is 17.7 Å². The van der Waals surface area contributed by atoms with E-state index >= 15 is 0 Å². The minimum Gasteiger partial charge on any atom is -0.481 e. The molecule has 1 aliphatic heterocycles. The highest BCUT2D eigenvalue weighted by Gasteiger charge is 2.26. The van der Waals surface area contributed by atoms with Crippen LogP contribution >= 0.6 is 11.8 Å². The Hall–Kier alpha value is -5.14. The van der Waals surface area contributed by atoms with Crippen LogP contribution in [-0.2, 0) is 21.5 Å². The first-order valence-electron chi connectivity index (χ1n) is 19.1. The molecule has 0 bridgehead atoms. The normalized spacial score (nSPS) is 15.2. The third kappa shape index (κ3) is 11.0. The number of aliphatic carboxylic acids is 1. The second kappa shape index (κ2) is 19.3. The lowest BCUT2D eigenvalue weighted by molar-refractivity contribution is -0.133. The molecule has 6 nitrogen and oxygen atoms in total. The van der Waals surface area contributed by atoms with E-state index in [9.17, 15) is 9.59 Å².